The van der Waals surface area contributed by atoms with Gasteiger partial charge in [0.2, 0.25) is 0 Å². The third-order valence-electron chi connectivity index (χ3n) is 3.92. The predicted molar refractivity (Wildman–Crippen MR) is 86.1 cm³/mol. The molecule has 0 aromatic heterocycles. The second-order valence-corrected chi connectivity index (χ2v) is 6.22. The van der Waals surface area contributed by atoms with Gasteiger partial charge in [-0.25, -0.2) is 0 Å². The first-order valence-corrected chi connectivity index (χ1v) is 7.81. The van der Waals surface area contributed by atoms with E-state index in [1.807, 2.05) is 7.05 Å². The van der Waals surface area contributed by atoms with E-state index in [1.165, 1.54) is 15.7 Å². The molecule has 106 valence electrons. The fourth-order valence-corrected chi connectivity index (χ4v) is 2.89. The molecule has 1 aromatic carbocycles. The van der Waals surface area contributed by atoms with Gasteiger partial charge in [-0.1, -0.05) is 15.9 Å². The van der Waals surface area contributed by atoms with Crippen LogP contribution in [0.5, 0.6) is 0 Å². The van der Waals surface area contributed by atoms with E-state index in [9.17, 15) is 0 Å². The van der Waals surface area contributed by atoms with Gasteiger partial charge in [0.1, 0.15) is 0 Å². The van der Waals surface area contributed by atoms with Crippen LogP contribution in [0, 0.1) is 6.92 Å². The summed E-state index contributed by atoms with van der Waals surface area (Å²) in [6.45, 7) is 10.1. The van der Waals surface area contributed by atoms with Gasteiger partial charge < -0.3 is 10.2 Å². The number of piperazine rings is 1. The molecular weight excluding hydrogens is 302 g/mol. The summed E-state index contributed by atoms with van der Waals surface area (Å²) < 4.78 is 1.19. The van der Waals surface area contributed by atoms with Gasteiger partial charge in [0.15, 0.2) is 0 Å². The van der Waals surface area contributed by atoms with Crippen LogP contribution >= 0.6 is 15.9 Å². The van der Waals surface area contributed by atoms with Crippen LogP contribution in [0.4, 0.5) is 5.69 Å². The quantitative estimate of drug-likeness (QED) is 0.917. The average Bonchev–Trinajstić information content (AvgIpc) is 2.40. The second kappa shape index (κ2) is 6.73. The standard InChI is InChI=1S/C15H24BrN3/c1-12-10-14(4-5-15(12)16)19-9-8-18(7-6-17-3)13(2)11-19/h4-5,10,13,17H,6-9,11H2,1-3H3. The number of hydrogen-bond acceptors (Lipinski definition) is 3. The highest BCUT2D eigenvalue weighted by Gasteiger charge is 2.23. The van der Waals surface area contributed by atoms with Crippen LogP contribution in [0.3, 0.4) is 0 Å². The van der Waals surface area contributed by atoms with Gasteiger partial charge in [0, 0.05) is 48.9 Å². The molecule has 1 unspecified atom stereocenters. The van der Waals surface area contributed by atoms with Crippen molar-refractivity contribution in [3.63, 3.8) is 0 Å². The molecule has 3 nitrogen and oxygen atoms in total. The van der Waals surface area contributed by atoms with E-state index in [-0.39, 0.29) is 0 Å². The van der Waals surface area contributed by atoms with Crippen molar-refractivity contribution in [2.45, 2.75) is 19.9 Å². The number of aryl methyl sites for hydroxylation is 1. The van der Waals surface area contributed by atoms with Crippen molar-refractivity contribution in [3.8, 4) is 0 Å². The zero-order chi connectivity index (χ0) is 13.8. The molecule has 1 fully saturated rings. The number of halogens is 1. The first-order valence-electron chi connectivity index (χ1n) is 7.01. The van der Waals surface area contributed by atoms with Gasteiger partial charge in [-0.2, -0.15) is 0 Å². The topological polar surface area (TPSA) is 18.5 Å². The Bertz CT molecular complexity index is 422. The highest BCUT2D eigenvalue weighted by Crippen LogP contribution is 2.24. The number of rotatable bonds is 4. The summed E-state index contributed by atoms with van der Waals surface area (Å²) in [4.78, 5) is 5.07. The Morgan fingerprint density at radius 3 is 2.79 bits per heavy atom. The Morgan fingerprint density at radius 1 is 1.37 bits per heavy atom. The molecule has 0 spiro atoms. The molecule has 4 heteroatoms. The largest absolute Gasteiger partial charge is 0.369 e. The maximum Gasteiger partial charge on any atom is 0.0370 e. The Kier molecular flexibility index (Phi) is 5.25. The summed E-state index contributed by atoms with van der Waals surface area (Å²) in [6, 6.07) is 7.27. The summed E-state index contributed by atoms with van der Waals surface area (Å²) in [6.07, 6.45) is 0. The number of anilines is 1. The summed E-state index contributed by atoms with van der Waals surface area (Å²) in [5.74, 6) is 0. The van der Waals surface area contributed by atoms with Gasteiger partial charge in [0.25, 0.3) is 0 Å². The van der Waals surface area contributed by atoms with Gasteiger partial charge in [0.05, 0.1) is 0 Å². The van der Waals surface area contributed by atoms with Crippen molar-refractivity contribution in [2.75, 3.05) is 44.7 Å². The fraction of sp³-hybridized carbons (Fsp3) is 0.600. The molecule has 19 heavy (non-hydrogen) atoms. The number of nitrogens with zero attached hydrogens (tertiary/aromatic N) is 2. The lowest BCUT2D eigenvalue weighted by Crippen LogP contribution is -2.53. The summed E-state index contributed by atoms with van der Waals surface area (Å²) in [5, 5.41) is 3.23. The number of hydrogen-bond donors (Lipinski definition) is 1. The van der Waals surface area contributed by atoms with Crippen LogP contribution in [0.25, 0.3) is 0 Å². The molecule has 2 rings (SSSR count). The molecule has 0 bridgehead atoms. The predicted octanol–water partition coefficient (Wildman–Crippen LogP) is 2.49. The molecule has 0 aliphatic carbocycles. The molecule has 1 aliphatic heterocycles. The maximum atomic E-state index is 3.57. The molecule has 1 heterocycles. The first-order chi connectivity index (χ1) is 9.11. The highest BCUT2D eigenvalue weighted by molar-refractivity contribution is 9.10. The maximum absolute atomic E-state index is 3.57. The van der Waals surface area contributed by atoms with Gasteiger partial charge in [-0.15, -0.1) is 0 Å². The zero-order valence-corrected chi connectivity index (χ0v) is 13.7. The van der Waals surface area contributed by atoms with Crippen LogP contribution in [0.2, 0.25) is 0 Å². The minimum atomic E-state index is 0.617. The van der Waals surface area contributed by atoms with Crippen molar-refractivity contribution in [2.24, 2.45) is 0 Å². The monoisotopic (exact) mass is 325 g/mol. The summed E-state index contributed by atoms with van der Waals surface area (Å²) in [5.41, 5.74) is 2.66. The minimum absolute atomic E-state index is 0.617. The third-order valence-corrected chi connectivity index (χ3v) is 4.81. The van der Waals surface area contributed by atoms with E-state index in [1.54, 1.807) is 0 Å². The zero-order valence-electron chi connectivity index (χ0n) is 12.1. The number of benzene rings is 1. The average molecular weight is 326 g/mol. The van der Waals surface area contributed by atoms with Crippen LogP contribution in [0.15, 0.2) is 22.7 Å². The number of nitrogens with one attached hydrogen (secondary N) is 1. The lowest BCUT2D eigenvalue weighted by atomic mass is 10.1. The number of likely N-dealkylation sites (N-methyl/N-ethyl adjacent to an activating group) is 1. The van der Waals surface area contributed by atoms with Crippen molar-refractivity contribution in [1.82, 2.24) is 10.2 Å². The SMILES string of the molecule is CNCCN1CCN(c2ccc(Br)c(C)c2)CC1C. The van der Waals surface area contributed by atoms with E-state index in [0.29, 0.717) is 6.04 Å². The van der Waals surface area contributed by atoms with Crippen LogP contribution in [0.1, 0.15) is 12.5 Å². The summed E-state index contributed by atoms with van der Waals surface area (Å²) in [7, 11) is 2.02. The van der Waals surface area contributed by atoms with E-state index >= 15 is 0 Å². The summed E-state index contributed by atoms with van der Waals surface area (Å²) >= 11 is 3.57. The van der Waals surface area contributed by atoms with E-state index < -0.39 is 0 Å². The van der Waals surface area contributed by atoms with Crippen molar-refractivity contribution >= 4 is 21.6 Å². The van der Waals surface area contributed by atoms with Gasteiger partial charge in [-0.3, -0.25) is 4.90 Å². The smallest absolute Gasteiger partial charge is 0.0370 e. The van der Waals surface area contributed by atoms with E-state index in [0.717, 1.165) is 32.7 Å². The van der Waals surface area contributed by atoms with E-state index in [2.05, 4.69) is 63.1 Å². The van der Waals surface area contributed by atoms with Crippen molar-refractivity contribution in [3.05, 3.63) is 28.2 Å². The van der Waals surface area contributed by atoms with E-state index in [4.69, 9.17) is 0 Å². The molecule has 1 atom stereocenters. The van der Waals surface area contributed by atoms with Crippen molar-refractivity contribution in [1.29, 1.82) is 0 Å². The molecule has 1 saturated heterocycles. The molecular formula is C15H24BrN3. The van der Waals surface area contributed by atoms with Crippen LogP contribution in [-0.4, -0.2) is 50.7 Å². The molecule has 1 aliphatic rings. The Balaban J connectivity index is 1.99. The van der Waals surface area contributed by atoms with Crippen LogP contribution < -0.4 is 10.2 Å². The van der Waals surface area contributed by atoms with Crippen LogP contribution in [-0.2, 0) is 0 Å². The van der Waals surface area contributed by atoms with Gasteiger partial charge in [-0.05, 0) is 44.7 Å². The Labute approximate surface area is 125 Å². The lowest BCUT2D eigenvalue weighted by Gasteiger charge is -2.41. The highest BCUT2D eigenvalue weighted by atomic mass is 79.9. The Hall–Kier alpha value is -0.580. The fourth-order valence-electron chi connectivity index (χ4n) is 2.64. The Morgan fingerprint density at radius 2 is 2.16 bits per heavy atom. The van der Waals surface area contributed by atoms with Gasteiger partial charge >= 0.3 is 0 Å². The normalized spacial score (nSPS) is 20.8. The lowest BCUT2D eigenvalue weighted by molar-refractivity contribution is 0.191. The third kappa shape index (κ3) is 3.71. The first kappa shape index (κ1) is 14.8. The molecule has 1 N–H and O–H groups in total. The molecule has 0 radical (unpaired) electrons. The molecule has 0 saturated carbocycles. The second-order valence-electron chi connectivity index (χ2n) is 5.37. The molecule has 0 amide bonds. The minimum Gasteiger partial charge on any atom is -0.369 e. The van der Waals surface area contributed by atoms with Crippen molar-refractivity contribution < 1.29 is 0 Å². The molecule has 1 aromatic rings.